The van der Waals surface area contributed by atoms with Gasteiger partial charge in [-0.15, -0.1) is 0 Å². The van der Waals surface area contributed by atoms with E-state index in [0.717, 1.165) is 0 Å². The Balaban J connectivity index is 2.73. The molecular weight excluding hydrogens is 184 g/mol. The van der Waals surface area contributed by atoms with Gasteiger partial charge in [0.25, 0.3) is 0 Å². The van der Waals surface area contributed by atoms with Gasteiger partial charge in [0, 0.05) is 5.69 Å². The van der Waals surface area contributed by atoms with Crippen LogP contribution in [0.5, 0.6) is 0 Å². The molecule has 1 aromatic rings. The largest absolute Gasteiger partial charge is 0.478 e. The molecule has 14 heavy (non-hydrogen) atoms. The molecular formula is C9H10N2O3. The molecule has 0 heterocycles. The molecule has 0 aromatic heterocycles. The molecule has 0 aliphatic heterocycles. The number of nitrogens with two attached hydrogens (primary N) is 1. The molecule has 0 radical (unpaired) electrons. The maximum absolute atomic E-state index is 10.5. The molecule has 5 heteroatoms. The Morgan fingerprint density at radius 3 is 2.43 bits per heavy atom. The van der Waals surface area contributed by atoms with Crippen LogP contribution in [0.2, 0.25) is 0 Å². The second-order valence-corrected chi connectivity index (χ2v) is 2.69. The highest BCUT2D eigenvalue weighted by molar-refractivity contribution is 5.88. The quantitative estimate of drug-likeness (QED) is 0.473. The van der Waals surface area contributed by atoms with Gasteiger partial charge in [-0.3, -0.25) is 4.79 Å². The van der Waals surface area contributed by atoms with Crippen LogP contribution in [0, 0.1) is 0 Å². The van der Waals surface area contributed by atoms with Gasteiger partial charge in [-0.05, 0) is 24.3 Å². The first kappa shape index (κ1) is 10.2. The van der Waals surface area contributed by atoms with Crippen LogP contribution < -0.4 is 11.1 Å². The maximum Gasteiger partial charge on any atom is 0.335 e. The van der Waals surface area contributed by atoms with E-state index in [0.29, 0.717) is 12.0 Å². The fourth-order valence-electron chi connectivity index (χ4n) is 0.936. The maximum atomic E-state index is 10.5. The monoisotopic (exact) mass is 194 g/mol. The van der Waals surface area contributed by atoms with Crippen molar-refractivity contribution >= 4 is 17.9 Å². The highest BCUT2D eigenvalue weighted by Gasteiger charge is 2.03. The van der Waals surface area contributed by atoms with Crippen molar-refractivity contribution in [1.29, 1.82) is 0 Å². The number of hydrogen-bond donors (Lipinski definition) is 3. The number of hydrogen-bond acceptors (Lipinski definition) is 4. The molecule has 1 unspecified atom stereocenters. The number of aromatic carboxylic acids is 1. The standard InChI is InChI=1S/C9H10N2O3/c10-8(5-12)11-7-3-1-6(2-4-7)9(13)14/h1-5,8,11H,10H2,(H,13,14). The Morgan fingerprint density at radius 1 is 1.43 bits per heavy atom. The highest BCUT2D eigenvalue weighted by Crippen LogP contribution is 2.09. The smallest absolute Gasteiger partial charge is 0.335 e. The molecule has 1 aromatic carbocycles. The first-order valence-corrected chi connectivity index (χ1v) is 3.94. The van der Waals surface area contributed by atoms with E-state index in [1.54, 1.807) is 12.1 Å². The van der Waals surface area contributed by atoms with Crippen LogP contribution in [0.4, 0.5) is 5.69 Å². The molecule has 0 bridgehead atoms. The van der Waals surface area contributed by atoms with Gasteiger partial charge in [0.15, 0.2) is 6.29 Å². The van der Waals surface area contributed by atoms with Gasteiger partial charge >= 0.3 is 5.97 Å². The SMILES string of the molecule is NC(C=O)Nc1ccc(C(=O)O)cc1. The molecule has 1 atom stereocenters. The summed E-state index contributed by atoms with van der Waals surface area (Å²) in [4.78, 5) is 20.7. The number of rotatable bonds is 4. The lowest BCUT2D eigenvalue weighted by Gasteiger charge is -2.08. The lowest BCUT2D eigenvalue weighted by atomic mass is 10.2. The van der Waals surface area contributed by atoms with E-state index in [9.17, 15) is 9.59 Å². The van der Waals surface area contributed by atoms with Crippen molar-refractivity contribution in [3.8, 4) is 0 Å². The number of nitrogens with one attached hydrogen (secondary N) is 1. The summed E-state index contributed by atoms with van der Waals surface area (Å²) >= 11 is 0. The van der Waals surface area contributed by atoms with Crippen molar-refractivity contribution in [1.82, 2.24) is 0 Å². The molecule has 0 spiro atoms. The first-order chi connectivity index (χ1) is 6.63. The summed E-state index contributed by atoms with van der Waals surface area (Å²) < 4.78 is 0. The highest BCUT2D eigenvalue weighted by atomic mass is 16.4. The van der Waals surface area contributed by atoms with Crippen LogP contribution in [-0.2, 0) is 4.79 Å². The first-order valence-electron chi connectivity index (χ1n) is 3.94. The number of benzene rings is 1. The van der Waals surface area contributed by atoms with E-state index in [1.807, 2.05) is 0 Å². The molecule has 74 valence electrons. The van der Waals surface area contributed by atoms with Crippen LogP contribution in [-0.4, -0.2) is 23.5 Å². The number of carboxylic acid groups (broad SMARTS) is 1. The molecule has 5 nitrogen and oxygen atoms in total. The van der Waals surface area contributed by atoms with Crippen molar-refractivity contribution in [2.24, 2.45) is 5.73 Å². The van der Waals surface area contributed by atoms with Gasteiger partial charge in [-0.2, -0.15) is 0 Å². The lowest BCUT2D eigenvalue weighted by molar-refractivity contribution is -0.108. The third-order valence-corrected chi connectivity index (χ3v) is 1.61. The Bertz CT molecular complexity index is 334. The van der Waals surface area contributed by atoms with Gasteiger partial charge in [0.05, 0.1) is 5.56 Å². The summed E-state index contributed by atoms with van der Waals surface area (Å²) in [6, 6.07) is 5.96. The molecule has 0 saturated carbocycles. The van der Waals surface area contributed by atoms with E-state index in [-0.39, 0.29) is 5.56 Å². The topological polar surface area (TPSA) is 92.4 Å². The van der Waals surface area contributed by atoms with E-state index in [1.165, 1.54) is 12.1 Å². The molecule has 0 saturated heterocycles. The van der Waals surface area contributed by atoms with Crippen molar-refractivity contribution < 1.29 is 14.7 Å². The molecule has 1 rings (SSSR count). The summed E-state index contributed by atoms with van der Waals surface area (Å²) in [6.07, 6.45) is -0.212. The van der Waals surface area contributed by atoms with Crippen molar-refractivity contribution in [3.05, 3.63) is 29.8 Å². The fourth-order valence-corrected chi connectivity index (χ4v) is 0.936. The summed E-state index contributed by atoms with van der Waals surface area (Å²) in [5.41, 5.74) is 6.10. The van der Waals surface area contributed by atoms with Gasteiger partial charge < -0.3 is 16.2 Å². The minimum Gasteiger partial charge on any atom is -0.478 e. The van der Waals surface area contributed by atoms with Crippen LogP contribution >= 0.6 is 0 Å². The normalized spacial score (nSPS) is 11.8. The number of carbonyl (C=O) groups excluding carboxylic acids is 1. The summed E-state index contributed by atoms with van der Waals surface area (Å²) in [5, 5.41) is 11.3. The summed E-state index contributed by atoms with van der Waals surface area (Å²) in [7, 11) is 0. The lowest BCUT2D eigenvalue weighted by Crippen LogP contribution is -2.30. The molecule has 0 aliphatic rings. The Kier molecular flexibility index (Phi) is 3.19. The van der Waals surface area contributed by atoms with Crippen LogP contribution in [0.1, 0.15) is 10.4 Å². The second kappa shape index (κ2) is 4.38. The van der Waals surface area contributed by atoms with E-state index >= 15 is 0 Å². The average molecular weight is 194 g/mol. The van der Waals surface area contributed by atoms with Crippen LogP contribution in [0.25, 0.3) is 0 Å². The predicted octanol–water partition coefficient (Wildman–Crippen LogP) is 0.280. The van der Waals surface area contributed by atoms with Crippen LogP contribution in [0.15, 0.2) is 24.3 Å². The summed E-state index contributed by atoms with van der Waals surface area (Å²) in [5.74, 6) is -0.990. The second-order valence-electron chi connectivity index (χ2n) is 2.69. The fraction of sp³-hybridized carbons (Fsp3) is 0.111. The Labute approximate surface area is 80.5 Å². The Morgan fingerprint density at radius 2 is 2.00 bits per heavy atom. The molecule has 0 aliphatic carbocycles. The minimum absolute atomic E-state index is 0.190. The van der Waals surface area contributed by atoms with Gasteiger partial charge in [-0.25, -0.2) is 4.79 Å². The van der Waals surface area contributed by atoms with Crippen molar-refractivity contribution in [2.75, 3.05) is 5.32 Å². The van der Waals surface area contributed by atoms with Crippen molar-refractivity contribution in [3.63, 3.8) is 0 Å². The molecule has 0 amide bonds. The van der Waals surface area contributed by atoms with Gasteiger partial charge in [-0.1, -0.05) is 0 Å². The zero-order chi connectivity index (χ0) is 10.6. The molecule has 4 N–H and O–H groups in total. The van der Waals surface area contributed by atoms with E-state index in [4.69, 9.17) is 10.8 Å². The average Bonchev–Trinajstić information content (AvgIpc) is 2.18. The zero-order valence-corrected chi connectivity index (χ0v) is 7.31. The Hall–Kier alpha value is -1.88. The number of carboxylic acids is 1. The predicted molar refractivity (Wildman–Crippen MR) is 51.1 cm³/mol. The zero-order valence-electron chi connectivity index (χ0n) is 7.31. The van der Waals surface area contributed by atoms with Gasteiger partial charge in [0.2, 0.25) is 0 Å². The molecule has 0 fully saturated rings. The van der Waals surface area contributed by atoms with Crippen LogP contribution in [0.3, 0.4) is 0 Å². The van der Waals surface area contributed by atoms with E-state index < -0.39 is 12.1 Å². The summed E-state index contributed by atoms with van der Waals surface area (Å²) in [6.45, 7) is 0. The third kappa shape index (κ3) is 2.56. The van der Waals surface area contributed by atoms with Gasteiger partial charge in [0.1, 0.15) is 6.17 Å². The third-order valence-electron chi connectivity index (χ3n) is 1.61. The number of anilines is 1. The minimum atomic E-state index is -0.990. The number of aldehydes is 1. The number of carbonyl (C=O) groups is 2. The van der Waals surface area contributed by atoms with E-state index in [2.05, 4.69) is 5.32 Å². The van der Waals surface area contributed by atoms with Crippen molar-refractivity contribution in [2.45, 2.75) is 6.17 Å².